The van der Waals surface area contributed by atoms with Crippen LogP contribution in [0.3, 0.4) is 0 Å². The Balaban J connectivity index is 2.45. The van der Waals surface area contributed by atoms with Crippen LogP contribution in [0.2, 0.25) is 12.1 Å². The van der Waals surface area contributed by atoms with Gasteiger partial charge in [-0.05, 0) is 24.2 Å². The molecule has 0 atom stereocenters. The largest absolute Gasteiger partial charge is 0.362 e. The summed E-state index contributed by atoms with van der Waals surface area (Å²) in [6, 6.07) is 13.5. The van der Waals surface area contributed by atoms with Gasteiger partial charge in [-0.2, -0.15) is 4.79 Å². The molecule has 0 aliphatic carbocycles. The highest BCUT2D eigenvalue weighted by molar-refractivity contribution is 6.93. The van der Waals surface area contributed by atoms with Crippen LogP contribution in [-0.2, 0) is 0 Å². The Bertz CT molecular complexity index is 677. The Morgan fingerprint density at radius 2 is 1.85 bits per heavy atom. The summed E-state index contributed by atoms with van der Waals surface area (Å²) in [5.41, 5.74) is 11.0. The van der Waals surface area contributed by atoms with Crippen LogP contribution < -0.4 is 0 Å². The van der Waals surface area contributed by atoms with Crippen LogP contribution in [0.15, 0.2) is 61.7 Å². The second-order valence-corrected chi connectivity index (χ2v) is 6.92. The van der Waals surface area contributed by atoms with Crippen molar-refractivity contribution in [3.8, 4) is 0 Å². The predicted octanol–water partition coefficient (Wildman–Crippen LogP) is 3.66. The summed E-state index contributed by atoms with van der Waals surface area (Å²) in [6.45, 7) is 7.55. The van der Waals surface area contributed by atoms with E-state index in [4.69, 9.17) is 0 Å². The number of para-hydroxylation sites is 1. The van der Waals surface area contributed by atoms with Gasteiger partial charge in [0, 0.05) is 5.39 Å². The van der Waals surface area contributed by atoms with Crippen molar-refractivity contribution in [3.05, 3.63) is 72.9 Å². The molecule has 0 aliphatic rings. The fourth-order valence-electron chi connectivity index (χ4n) is 2.13. The Labute approximate surface area is 120 Å². The molecule has 0 amide bonds. The van der Waals surface area contributed by atoms with E-state index < -0.39 is 8.80 Å². The van der Waals surface area contributed by atoms with Crippen LogP contribution in [0.25, 0.3) is 16.4 Å². The lowest BCUT2D eigenvalue weighted by atomic mass is 10.2. The van der Waals surface area contributed by atoms with E-state index in [2.05, 4.69) is 22.9 Å². The summed E-state index contributed by atoms with van der Waals surface area (Å²) in [5.74, 6) is 0. The van der Waals surface area contributed by atoms with Gasteiger partial charge in [0.1, 0.15) is 5.69 Å². The zero-order valence-electron chi connectivity index (χ0n) is 11.3. The standard InChI is InChI=1S/C16H16N3Si/c1-3-11-20(12-4-2)16(19-17)15-10-9-13-7-5-6-8-14(13)18-15/h3-10H,1-2,11-12H2. The normalized spacial score (nSPS) is 10.2. The van der Waals surface area contributed by atoms with Gasteiger partial charge in [-0.15, -0.1) is 13.2 Å². The number of pyridine rings is 1. The number of nitrogens with zero attached hydrogens (tertiary/aromatic N) is 3. The maximum absolute atomic E-state index is 9.38. The SMILES string of the molecule is C=CC[Si](CC=C)C(=[N+]=[N-])c1ccc2ccccc2n1. The number of allylic oxidation sites excluding steroid dienone is 2. The van der Waals surface area contributed by atoms with Crippen molar-refractivity contribution in [1.82, 2.24) is 4.98 Å². The van der Waals surface area contributed by atoms with E-state index in [1.54, 1.807) is 0 Å². The van der Waals surface area contributed by atoms with Gasteiger partial charge in [0.05, 0.1) is 5.52 Å². The van der Waals surface area contributed by atoms with Gasteiger partial charge < -0.3 is 5.53 Å². The maximum Gasteiger partial charge on any atom is 0.282 e. The van der Waals surface area contributed by atoms with Crippen molar-refractivity contribution in [2.45, 2.75) is 12.1 Å². The molecule has 4 heteroatoms. The van der Waals surface area contributed by atoms with Gasteiger partial charge in [0.2, 0.25) is 8.80 Å². The number of hydrogen-bond donors (Lipinski definition) is 0. The molecule has 1 radical (unpaired) electrons. The van der Waals surface area contributed by atoms with E-state index in [-0.39, 0.29) is 0 Å². The third-order valence-electron chi connectivity index (χ3n) is 3.06. The first-order valence-electron chi connectivity index (χ1n) is 6.45. The quantitative estimate of drug-likeness (QED) is 0.261. The van der Waals surface area contributed by atoms with E-state index in [1.165, 1.54) is 0 Å². The van der Waals surface area contributed by atoms with E-state index >= 15 is 0 Å². The van der Waals surface area contributed by atoms with Gasteiger partial charge in [-0.3, -0.25) is 0 Å². The highest BCUT2D eigenvalue weighted by atomic mass is 28.3. The number of fused-ring (bicyclic) bond motifs is 1. The third-order valence-corrected chi connectivity index (χ3v) is 5.65. The number of aromatic nitrogens is 1. The predicted molar refractivity (Wildman–Crippen MR) is 85.2 cm³/mol. The van der Waals surface area contributed by atoms with Crippen molar-refractivity contribution in [1.29, 1.82) is 0 Å². The number of rotatable bonds is 6. The molecule has 0 aliphatic heterocycles. The smallest absolute Gasteiger partial charge is 0.282 e. The zero-order chi connectivity index (χ0) is 14.4. The fraction of sp³-hybridized carbons (Fsp3) is 0.125. The number of benzene rings is 1. The third kappa shape index (κ3) is 2.99. The summed E-state index contributed by atoms with van der Waals surface area (Å²) >= 11 is 0. The van der Waals surface area contributed by atoms with Crippen LogP contribution in [0.1, 0.15) is 5.69 Å². The van der Waals surface area contributed by atoms with Crippen LogP contribution in [0.5, 0.6) is 0 Å². The zero-order valence-corrected chi connectivity index (χ0v) is 12.3. The molecule has 0 fully saturated rings. The molecule has 0 saturated heterocycles. The minimum atomic E-state index is -1.05. The van der Waals surface area contributed by atoms with Gasteiger partial charge in [-0.1, -0.05) is 36.4 Å². The molecule has 0 saturated carbocycles. The second kappa shape index (κ2) is 6.75. The first kappa shape index (κ1) is 14.1. The average molecular weight is 278 g/mol. The molecule has 1 aromatic heterocycles. The Hall–Kier alpha value is -2.29. The first-order valence-corrected chi connectivity index (χ1v) is 8.36. The molecule has 99 valence electrons. The Kier molecular flexibility index (Phi) is 4.77. The van der Waals surface area contributed by atoms with Crippen molar-refractivity contribution < 1.29 is 4.79 Å². The van der Waals surface area contributed by atoms with Crippen LogP contribution in [-0.4, -0.2) is 23.9 Å². The molecule has 20 heavy (non-hydrogen) atoms. The maximum atomic E-state index is 9.38. The van der Waals surface area contributed by atoms with Gasteiger partial charge in [0.15, 0.2) is 0 Å². The summed E-state index contributed by atoms with van der Waals surface area (Å²) in [4.78, 5) is 8.10. The lowest BCUT2D eigenvalue weighted by Gasteiger charge is -2.06. The summed E-state index contributed by atoms with van der Waals surface area (Å²) in [6.07, 6.45) is 3.73. The fourth-order valence-corrected chi connectivity index (χ4v) is 4.02. The van der Waals surface area contributed by atoms with Gasteiger partial charge in [0.25, 0.3) is 5.33 Å². The second-order valence-electron chi connectivity index (χ2n) is 4.43. The van der Waals surface area contributed by atoms with E-state index in [0.717, 1.165) is 28.7 Å². The molecule has 1 heterocycles. The van der Waals surface area contributed by atoms with Crippen LogP contribution in [0.4, 0.5) is 0 Å². The van der Waals surface area contributed by atoms with Crippen LogP contribution >= 0.6 is 0 Å². The van der Waals surface area contributed by atoms with Gasteiger partial charge in [-0.25, -0.2) is 4.98 Å². The molecule has 1 aromatic carbocycles. The monoisotopic (exact) mass is 278 g/mol. The van der Waals surface area contributed by atoms with Gasteiger partial charge >= 0.3 is 0 Å². The van der Waals surface area contributed by atoms with E-state index in [1.807, 2.05) is 48.6 Å². The van der Waals surface area contributed by atoms with E-state index in [9.17, 15) is 5.53 Å². The molecular weight excluding hydrogens is 262 g/mol. The molecule has 0 unspecified atom stereocenters. The topological polar surface area (TPSA) is 49.3 Å². The molecule has 2 rings (SSSR count). The lowest BCUT2D eigenvalue weighted by Crippen LogP contribution is -2.27. The molecule has 0 spiro atoms. The lowest BCUT2D eigenvalue weighted by molar-refractivity contribution is -0.000236. The van der Waals surface area contributed by atoms with Crippen molar-refractivity contribution in [3.63, 3.8) is 0 Å². The summed E-state index contributed by atoms with van der Waals surface area (Å²) < 4.78 is 0. The molecule has 0 N–H and O–H groups in total. The highest BCUT2D eigenvalue weighted by Crippen LogP contribution is 2.14. The molecule has 2 aromatic rings. The first-order chi connectivity index (χ1) is 9.80. The van der Waals surface area contributed by atoms with Crippen molar-refractivity contribution >= 4 is 25.0 Å². The average Bonchev–Trinajstić information content (AvgIpc) is 2.48. The molecular formula is C16H16N3Si. The minimum Gasteiger partial charge on any atom is -0.362 e. The summed E-state index contributed by atoms with van der Waals surface area (Å²) in [5, 5.41) is 1.76. The highest BCUT2D eigenvalue weighted by Gasteiger charge is 2.27. The number of hydrogen-bond acceptors (Lipinski definition) is 1. The minimum absolute atomic E-state index is 0.681. The van der Waals surface area contributed by atoms with Crippen LogP contribution in [0, 0.1) is 0 Å². The Morgan fingerprint density at radius 1 is 1.15 bits per heavy atom. The van der Waals surface area contributed by atoms with E-state index in [0.29, 0.717) is 5.33 Å². The Morgan fingerprint density at radius 3 is 2.50 bits per heavy atom. The summed E-state index contributed by atoms with van der Waals surface area (Å²) in [7, 11) is -1.05. The molecule has 3 nitrogen and oxygen atoms in total. The molecule has 0 bridgehead atoms. The van der Waals surface area contributed by atoms with Crippen molar-refractivity contribution in [2.24, 2.45) is 0 Å². The van der Waals surface area contributed by atoms with Crippen molar-refractivity contribution in [2.75, 3.05) is 0 Å².